The normalized spacial score (nSPS) is 11.2. The molecular weight excluding hydrogens is 370 g/mol. The number of nitrogens with one attached hydrogen (secondary N) is 2. The predicted molar refractivity (Wildman–Crippen MR) is 112 cm³/mol. The molecule has 1 heterocycles. The smallest absolute Gasteiger partial charge is 0.269 e. The summed E-state index contributed by atoms with van der Waals surface area (Å²) in [5.74, 6) is 0.500. The minimum Gasteiger partial charge on any atom is -0.471 e. The lowest BCUT2D eigenvalue weighted by Gasteiger charge is -2.14. The third kappa shape index (κ3) is 5.29. The van der Waals surface area contributed by atoms with Gasteiger partial charge in [-0.1, -0.05) is 18.2 Å². The van der Waals surface area contributed by atoms with E-state index in [4.69, 9.17) is 10.1 Å². The number of non-ortho nitro benzene ring substituents is 1. The Morgan fingerprint density at radius 2 is 1.93 bits per heavy atom. The molecule has 2 N–H and O–H groups in total. The number of aromatic nitrogens is 2. The van der Waals surface area contributed by atoms with Crippen molar-refractivity contribution in [3.63, 3.8) is 0 Å². The zero-order valence-electron chi connectivity index (χ0n) is 16.1. The minimum absolute atomic E-state index is 0.0128. The Bertz CT molecular complexity index is 1040. The molecule has 0 atom stereocenters. The lowest BCUT2D eigenvalue weighted by Crippen LogP contribution is -2.13. The van der Waals surface area contributed by atoms with Crippen LogP contribution in [0.1, 0.15) is 12.6 Å². The van der Waals surface area contributed by atoms with E-state index in [1.165, 1.54) is 12.1 Å². The van der Waals surface area contributed by atoms with E-state index in [0.717, 1.165) is 17.1 Å². The molecule has 0 saturated carbocycles. The molecule has 148 valence electrons. The van der Waals surface area contributed by atoms with Gasteiger partial charge in [-0.2, -0.15) is 5.10 Å². The van der Waals surface area contributed by atoms with E-state index in [1.54, 1.807) is 35.9 Å². The maximum absolute atomic E-state index is 10.9. The second-order valence-electron chi connectivity index (χ2n) is 6.44. The van der Waals surface area contributed by atoms with Gasteiger partial charge < -0.3 is 15.5 Å². The molecule has 8 heteroatoms. The number of nitro benzene ring substituents is 1. The van der Waals surface area contributed by atoms with Crippen LogP contribution in [-0.4, -0.2) is 27.0 Å². The number of para-hydroxylation sites is 1. The Balaban J connectivity index is 1.80. The number of ether oxygens (including phenoxy) is 1. The van der Waals surface area contributed by atoms with Crippen LogP contribution in [0.25, 0.3) is 5.69 Å². The summed E-state index contributed by atoms with van der Waals surface area (Å²) in [6.07, 6.45) is 1.70. The largest absolute Gasteiger partial charge is 0.471 e. The van der Waals surface area contributed by atoms with Crippen LogP contribution in [0, 0.1) is 22.4 Å². The number of anilines is 1. The van der Waals surface area contributed by atoms with Gasteiger partial charge in [0.05, 0.1) is 22.0 Å². The standard InChI is InChI=1S/C21H21N5O3/c1-15(22)12-18(23-17-6-4-3-5-7-17)14-29-21-13-16(2)24-25(21)19-8-10-20(11-9-19)26(27)28/h3-13,22-23H,14H2,1-2H3/b18-12-,22-15?. The first kappa shape index (κ1) is 19.8. The van der Waals surface area contributed by atoms with Gasteiger partial charge in [0.1, 0.15) is 6.61 Å². The minimum atomic E-state index is -0.443. The summed E-state index contributed by atoms with van der Waals surface area (Å²) in [6, 6.07) is 17.5. The maximum atomic E-state index is 10.9. The number of aryl methyl sites for hydroxylation is 1. The van der Waals surface area contributed by atoms with E-state index < -0.39 is 4.92 Å². The summed E-state index contributed by atoms with van der Waals surface area (Å²) >= 11 is 0. The van der Waals surface area contributed by atoms with Crippen molar-refractivity contribution in [1.29, 1.82) is 5.41 Å². The van der Waals surface area contributed by atoms with Crippen molar-refractivity contribution < 1.29 is 9.66 Å². The van der Waals surface area contributed by atoms with Crippen molar-refractivity contribution in [3.05, 3.63) is 88.2 Å². The van der Waals surface area contributed by atoms with Crippen molar-refractivity contribution in [2.24, 2.45) is 0 Å². The zero-order chi connectivity index (χ0) is 20.8. The maximum Gasteiger partial charge on any atom is 0.269 e. The van der Waals surface area contributed by atoms with E-state index >= 15 is 0 Å². The van der Waals surface area contributed by atoms with Crippen molar-refractivity contribution in [2.75, 3.05) is 11.9 Å². The van der Waals surface area contributed by atoms with Gasteiger partial charge >= 0.3 is 0 Å². The van der Waals surface area contributed by atoms with Gasteiger partial charge in [-0.05, 0) is 44.2 Å². The molecule has 0 unspecified atom stereocenters. The van der Waals surface area contributed by atoms with Crippen LogP contribution in [0.15, 0.2) is 72.4 Å². The topological polar surface area (TPSA) is 106 Å². The molecule has 0 fully saturated rings. The van der Waals surface area contributed by atoms with E-state index in [9.17, 15) is 10.1 Å². The van der Waals surface area contributed by atoms with Gasteiger partial charge in [0, 0.05) is 29.6 Å². The van der Waals surface area contributed by atoms with Crippen LogP contribution < -0.4 is 10.1 Å². The Morgan fingerprint density at radius 1 is 1.24 bits per heavy atom. The van der Waals surface area contributed by atoms with Crippen LogP contribution in [0.3, 0.4) is 0 Å². The number of nitrogens with zero attached hydrogens (tertiary/aromatic N) is 3. The lowest BCUT2D eigenvalue weighted by molar-refractivity contribution is -0.384. The van der Waals surface area contributed by atoms with Crippen molar-refractivity contribution >= 4 is 17.1 Å². The highest BCUT2D eigenvalue weighted by Crippen LogP contribution is 2.22. The van der Waals surface area contributed by atoms with Crippen LogP contribution in [0.4, 0.5) is 11.4 Å². The quantitative estimate of drug-likeness (QED) is 0.334. The Hall–Kier alpha value is -3.94. The third-order valence-corrected chi connectivity index (χ3v) is 3.95. The van der Waals surface area contributed by atoms with Gasteiger partial charge in [0.25, 0.3) is 5.69 Å². The summed E-state index contributed by atoms with van der Waals surface area (Å²) in [7, 11) is 0. The zero-order valence-corrected chi connectivity index (χ0v) is 16.1. The molecule has 0 aliphatic rings. The van der Waals surface area contributed by atoms with Crippen LogP contribution >= 0.6 is 0 Å². The molecule has 0 saturated heterocycles. The van der Waals surface area contributed by atoms with E-state index in [0.29, 0.717) is 17.3 Å². The second-order valence-corrected chi connectivity index (χ2v) is 6.44. The highest BCUT2D eigenvalue weighted by molar-refractivity contribution is 5.91. The molecule has 3 rings (SSSR count). The molecule has 8 nitrogen and oxygen atoms in total. The lowest BCUT2D eigenvalue weighted by atomic mass is 10.2. The van der Waals surface area contributed by atoms with Crippen molar-refractivity contribution in [3.8, 4) is 11.6 Å². The number of allylic oxidation sites excluding steroid dienone is 1. The monoisotopic (exact) mass is 391 g/mol. The molecule has 0 amide bonds. The molecular formula is C21H21N5O3. The molecule has 0 bridgehead atoms. The SMILES string of the molecule is CC(=N)/C=C(/COc1cc(C)nn1-c1ccc([N+](=O)[O-])cc1)Nc1ccccc1. The average molecular weight is 391 g/mol. The van der Waals surface area contributed by atoms with Gasteiger partial charge in [0.15, 0.2) is 0 Å². The highest BCUT2D eigenvalue weighted by atomic mass is 16.6. The summed E-state index contributed by atoms with van der Waals surface area (Å²) in [4.78, 5) is 10.4. The first-order chi connectivity index (χ1) is 13.9. The van der Waals surface area contributed by atoms with Crippen molar-refractivity contribution in [1.82, 2.24) is 9.78 Å². The number of hydrogen-bond acceptors (Lipinski definition) is 6. The van der Waals surface area contributed by atoms with Crippen LogP contribution in [0.5, 0.6) is 5.88 Å². The Kier molecular flexibility index (Phi) is 6.03. The first-order valence-corrected chi connectivity index (χ1v) is 8.94. The van der Waals surface area contributed by atoms with Gasteiger partial charge in [0.2, 0.25) is 5.88 Å². The van der Waals surface area contributed by atoms with Crippen LogP contribution in [-0.2, 0) is 0 Å². The van der Waals surface area contributed by atoms with Gasteiger partial charge in [-0.25, -0.2) is 4.68 Å². The number of rotatable bonds is 8. The molecule has 0 aliphatic heterocycles. The second kappa shape index (κ2) is 8.83. The van der Waals surface area contributed by atoms with Gasteiger partial charge in [-0.3, -0.25) is 10.1 Å². The molecule has 0 radical (unpaired) electrons. The summed E-state index contributed by atoms with van der Waals surface area (Å²) in [6.45, 7) is 3.73. The molecule has 2 aromatic carbocycles. The summed E-state index contributed by atoms with van der Waals surface area (Å²) < 4.78 is 7.56. The molecule has 0 aliphatic carbocycles. The van der Waals surface area contributed by atoms with E-state index in [2.05, 4.69) is 10.4 Å². The Labute approximate surface area is 168 Å². The fourth-order valence-corrected chi connectivity index (χ4v) is 2.71. The average Bonchev–Trinajstić information content (AvgIpc) is 3.07. The number of hydrogen-bond donors (Lipinski definition) is 2. The molecule has 0 spiro atoms. The Morgan fingerprint density at radius 3 is 2.55 bits per heavy atom. The molecule has 3 aromatic rings. The third-order valence-electron chi connectivity index (χ3n) is 3.95. The fourth-order valence-electron chi connectivity index (χ4n) is 2.71. The van der Waals surface area contributed by atoms with Crippen LogP contribution in [0.2, 0.25) is 0 Å². The summed E-state index contributed by atoms with van der Waals surface area (Å²) in [5, 5.41) is 26.3. The summed E-state index contributed by atoms with van der Waals surface area (Å²) in [5.41, 5.74) is 3.43. The number of nitro groups is 1. The van der Waals surface area contributed by atoms with E-state index in [-0.39, 0.29) is 12.3 Å². The molecule has 29 heavy (non-hydrogen) atoms. The van der Waals surface area contributed by atoms with E-state index in [1.807, 2.05) is 37.3 Å². The fraction of sp³-hybridized carbons (Fsp3) is 0.143. The number of benzene rings is 2. The van der Waals surface area contributed by atoms with Crippen molar-refractivity contribution in [2.45, 2.75) is 13.8 Å². The predicted octanol–water partition coefficient (Wildman–Crippen LogP) is 4.50. The molecule has 1 aromatic heterocycles. The highest BCUT2D eigenvalue weighted by Gasteiger charge is 2.12. The first-order valence-electron chi connectivity index (χ1n) is 8.94. The van der Waals surface area contributed by atoms with Gasteiger partial charge in [-0.15, -0.1) is 0 Å².